The third kappa shape index (κ3) is 5.51. The van der Waals surface area contributed by atoms with Gasteiger partial charge in [0.25, 0.3) is 5.91 Å². The first-order valence-electron chi connectivity index (χ1n) is 15.7. The Kier molecular flexibility index (Phi) is 9.17. The van der Waals surface area contributed by atoms with E-state index in [0.717, 1.165) is 5.56 Å². The monoisotopic (exact) mass is 661 g/mol. The number of Topliss-reactive ketones (excluding diaryl/α,β-unsaturated/α-hetero) is 2. The number of fused-ring (bicyclic) bond motifs is 3. The number of benzene rings is 2. The Morgan fingerprint density at radius 1 is 1.04 bits per heavy atom. The van der Waals surface area contributed by atoms with Crippen LogP contribution in [0, 0.1) is 11.8 Å². The molecule has 2 aromatic rings. The van der Waals surface area contributed by atoms with Crippen LogP contribution in [0.1, 0.15) is 33.5 Å². The van der Waals surface area contributed by atoms with E-state index in [2.05, 4.69) is 5.32 Å². The molecule has 0 bridgehead atoms. The van der Waals surface area contributed by atoms with Crippen LogP contribution in [-0.2, 0) is 33.8 Å². The van der Waals surface area contributed by atoms with Gasteiger partial charge in [0.1, 0.15) is 22.8 Å². The molecule has 1 unspecified atom stereocenters. The summed E-state index contributed by atoms with van der Waals surface area (Å²) < 4.78 is 0. The van der Waals surface area contributed by atoms with E-state index in [0.29, 0.717) is 17.7 Å². The van der Waals surface area contributed by atoms with Gasteiger partial charge in [0.05, 0.1) is 17.6 Å². The quantitative estimate of drug-likeness (QED) is 0.210. The molecule has 13 heteroatoms. The minimum atomic E-state index is -2.73. The van der Waals surface area contributed by atoms with Crippen LogP contribution in [0.5, 0.6) is 5.75 Å². The van der Waals surface area contributed by atoms with Crippen molar-refractivity contribution in [3.05, 3.63) is 81.3 Å². The summed E-state index contributed by atoms with van der Waals surface area (Å²) in [6.07, 6.45) is 0.598. The zero-order chi connectivity index (χ0) is 35.4. The van der Waals surface area contributed by atoms with E-state index in [1.807, 2.05) is 30.3 Å². The van der Waals surface area contributed by atoms with Crippen molar-refractivity contribution in [3.63, 3.8) is 0 Å². The Morgan fingerprint density at radius 3 is 2.25 bits per heavy atom. The Hall–Kier alpha value is -4.72. The molecular formula is C35H43N5O8. The average Bonchev–Trinajstić information content (AvgIpc) is 3.01. The normalized spacial score (nSPS) is 24.3. The second-order valence-corrected chi connectivity index (χ2v) is 13.5. The van der Waals surface area contributed by atoms with Crippen LogP contribution in [0.4, 0.5) is 5.69 Å². The van der Waals surface area contributed by atoms with Crippen LogP contribution in [0.15, 0.2) is 59.1 Å². The summed E-state index contributed by atoms with van der Waals surface area (Å²) in [6, 6.07) is 9.68. The maximum atomic E-state index is 14.3. The highest BCUT2D eigenvalue weighted by Gasteiger charge is 2.63. The standard InChI is InChI=1S/C35H43N5O8/c1-38(2)22-15-19(16-37-34(47)23(39(3)4)12-17-10-8-7-9-11-17)28(41)25-20(22)13-18-14-21-27(40(5)6)30(43)26(33(36)46)32(45)35(21,48)31(44)24(18)29(25)42/h7-11,15,18,21,23,27,41,43-44,48H,12-14,16H2,1-6H3,(H2,36,46)(H,37,47)/t18-,21-,23?,27-,35+/m1/s1. The van der Waals surface area contributed by atoms with Gasteiger partial charge in [-0.25, -0.2) is 0 Å². The van der Waals surface area contributed by atoms with Crippen LogP contribution in [-0.4, -0.2) is 114 Å². The van der Waals surface area contributed by atoms with Crippen LogP contribution in [0.2, 0.25) is 0 Å². The molecule has 5 atom stereocenters. The van der Waals surface area contributed by atoms with Gasteiger partial charge in [0.2, 0.25) is 11.7 Å². The molecule has 3 aliphatic rings. The number of amides is 2. The smallest absolute Gasteiger partial charge is 0.255 e. The van der Waals surface area contributed by atoms with E-state index in [1.165, 1.54) is 4.90 Å². The number of carbonyl (C=O) groups is 4. The predicted molar refractivity (Wildman–Crippen MR) is 177 cm³/mol. The van der Waals surface area contributed by atoms with Crippen molar-refractivity contribution in [1.29, 1.82) is 0 Å². The number of phenolic OH excluding ortho intramolecular Hbond substituents is 1. The number of hydrogen-bond acceptors (Lipinski definition) is 11. The summed E-state index contributed by atoms with van der Waals surface area (Å²) >= 11 is 0. The first-order chi connectivity index (χ1) is 22.5. The molecule has 13 nitrogen and oxygen atoms in total. The highest BCUT2D eigenvalue weighted by molar-refractivity contribution is 6.25. The molecule has 0 aliphatic heterocycles. The van der Waals surface area contributed by atoms with E-state index in [-0.39, 0.29) is 42.0 Å². The van der Waals surface area contributed by atoms with Crippen molar-refractivity contribution >= 4 is 29.1 Å². The fraction of sp³-hybridized carbons (Fsp3) is 0.429. The van der Waals surface area contributed by atoms with Gasteiger partial charge in [-0.15, -0.1) is 0 Å². The third-order valence-electron chi connectivity index (χ3n) is 9.91. The molecule has 0 saturated heterocycles. The molecule has 0 radical (unpaired) electrons. The highest BCUT2D eigenvalue weighted by atomic mass is 16.3. The number of nitrogens with one attached hydrogen (secondary N) is 1. The molecule has 0 fully saturated rings. The number of nitrogens with zero attached hydrogens (tertiary/aromatic N) is 3. The van der Waals surface area contributed by atoms with Gasteiger partial charge >= 0.3 is 0 Å². The van der Waals surface area contributed by atoms with Gasteiger partial charge in [0, 0.05) is 43.4 Å². The van der Waals surface area contributed by atoms with Gasteiger partial charge in [0.15, 0.2) is 11.4 Å². The lowest BCUT2D eigenvalue weighted by Gasteiger charge is -2.50. The van der Waals surface area contributed by atoms with Crippen molar-refractivity contribution in [2.45, 2.75) is 43.5 Å². The second kappa shape index (κ2) is 12.7. The van der Waals surface area contributed by atoms with Crippen molar-refractivity contribution in [2.24, 2.45) is 17.6 Å². The number of primary amides is 1. The van der Waals surface area contributed by atoms with Gasteiger partial charge < -0.3 is 36.4 Å². The molecule has 3 aliphatic carbocycles. The number of rotatable bonds is 9. The summed E-state index contributed by atoms with van der Waals surface area (Å²) in [6.45, 7) is -0.110. The summed E-state index contributed by atoms with van der Waals surface area (Å²) in [5, 5.41) is 48.9. The van der Waals surface area contributed by atoms with E-state index in [9.17, 15) is 39.6 Å². The number of allylic oxidation sites excluding steroid dienone is 1. The second-order valence-electron chi connectivity index (χ2n) is 13.5. The van der Waals surface area contributed by atoms with Gasteiger partial charge in [-0.3, -0.25) is 29.0 Å². The number of likely N-dealkylation sites (N-methyl/N-ethyl adjacent to an activating group) is 2. The lowest BCUT2D eigenvalue weighted by molar-refractivity contribution is -0.148. The molecular weight excluding hydrogens is 618 g/mol. The van der Waals surface area contributed by atoms with Crippen LogP contribution >= 0.6 is 0 Å². The van der Waals surface area contributed by atoms with Crippen LogP contribution in [0.3, 0.4) is 0 Å². The molecule has 48 heavy (non-hydrogen) atoms. The van der Waals surface area contributed by atoms with Crippen LogP contribution < -0.4 is 16.0 Å². The van der Waals surface area contributed by atoms with E-state index in [1.54, 1.807) is 58.2 Å². The Bertz CT molecular complexity index is 1750. The van der Waals surface area contributed by atoms with Gasteiger partial charge in [-0.1, -0.05) is 30.3 Å². The number of aliphatic hydroxyl groups excluding tert-OH is 2. The molecule has 2 amide bonds. The van der Waals surface area contributed by atoms with Crippen LogP contribution in [0.25, 0.3) is 0 Å². The zero-order valence-corrected chi connectivity index (χ0v) is 27.9. The fourth-order valence-corrected chi connectivity index (χ4v) is 7.53. The number of ketones is 2. The Morgan fingerprint density at radius 2 is 1.69 bits per heavy atom. The molecule has 7 N–H and O–H groups in total. The summed E-state index contributed by atoms with van der Waals surface area (Å²) in [7, 11) is 10.3. The third-order valence-corrected chi connectivity index (χ3v) is 9.91. The van der Waals surface area contributed by atoms with Crippen molar-refractivity contribution in [3.8, 4) is 5.75 Å². The number of nitrogens with two attached hydrogens (primary N) is 1. The Labute approximate surface area is 278 Å². The summed E-state index contributed by atoms with van der Waals surface area (Å²) in [5.74, 6) is -7.40. The first kappa shape index (κ1) is 34.6. The van der Waals surface area contributed by atoms with E-state index < -0.39 is 69.8 Å². The lowest BCUT2D eigenvalue weighted by Crippen LogP contribution is -2.63. The number of hydrogen-bond donors (Lipinski definition) is 6. The number of phenols is 1. The van der Waals surface area contributed by atoms with Gasteiger partial charge in [-0.05, 0) is 70.6 Å². The SMILES string of the molecule is CN(C)c1cc(CNC(=O)C(Cc2ccccc2)N(C)C)c(O)c2c1C[C@@H]1C[C@@H]3[C@@H](N(C)C)C(O)=C(C(N)=O)C(=O)[C@@]3(O)C(O)=C1C2=O. The Balaban J connectivity index is 1.55. The first-order valence-corrected chi connectivity index (χ1v) is 15.7. The lowest BCUT2D eigenvalue weighted by atomic mass is 9.58. The topological polar surface area (TPSA) is 197 Å². The molecule has 0 aromatic heterocycles. The number of anilines is 1. The number of aliphatic hydroxyl groups is 3. The van der Waals surface area contributed by atoms with E-state index >= 15 is 0 Å². The van der Waals surface area contributed by atoms with Gasteiger partial charge in [-0.2, -0.15) is 0 Å². The van der Waals surface area contributed by atoms with Crippen molar-refractivity contribution < 1.29 is 39.6 Å². The summed E-state index contributed by atoms with van der Waals surface area (Å²) in [4.78, 5) is 58.6. The molecule has 5 rings (SSSR count). The largest absolute Gasteiger partial charge is 0.510 e. The van der Waals surface area contributed by atoms with Crippen molar-refractivity contribution in [2.75, 3.05) is 47.2 Å². The van der Waals surface area contributed by atoms with E-state index in [4.69, 9.17) is 5.73 Å². The molecule has 0 heterocycles. The molecule has 0 spiro atoms. The molecule has 256 valence electrons. The van der Waals surface area contributed by atoms with Crippen molar-refractivity contribution in [1.82, 2.24) is 15.1 Å². The maximum absolute atomic E-state index is 14.3. The predicted octanol–water partition coefficient (Wildman–Crippen LogP) is 0.976. The minimum absolute atomic E-state index is 0.00939. The highest BCUT2D eigenvalue weighted by Crippen LogP contribution is 2.53. The zero-order valence-electron chi connectivity index (χ0n) is 27.9. The fourth-order valence-electron chi connectivity index (χ4n) is 7.53. The summed E-state index contributed by atoms with van der Waals surface area (Å²) in [5.41, 5.74) is 3.82. The molecule has 0 saturated carbocycles. The number of aromatic hydroxyl groups is 1. The average molecular weight is 662 g/mol. The minimum Gasteiger partial charge on any atom is -0.510 e. The molecule has 2 aromatic carbocycles. The maximum Gasteiger partial charge on any atom is 0.255 e. The number of carbonyl (C=O) groups excluding carboxylic acids is 4.